The van der Waals surface area contributed by atoms with Crippen molar-refractivity contribution >= 4 is 61.0 Å². The van der Waals surface area contributed by atoms with E-state index >= 15 is 0 Å². The van der Waals surface area contributed by atoms with E-state index in [4.69, 9.17) is 0 Å². The number of hydrogen-bond donors (Lipinski definition) is 0. The second kappa shape index (κ2) is 9.82. The van der Waals surface area contributed by atoms with Crippen LogP contribution in [0.25, 0.3) is 0 Å². The number of imide groups is 1. The van der Waals surface area contributed by atoms with Crippen molar-refractivity contribution in [2.45, 2.75) is 29.0 Å². The number of nitro benzene ring substituents is 2. The van der Waals surface area contributed by atoms with E-state index < -0.39 is 45.1 Å². The van der Waals surface area contributed by atoms with E-state index in [0.29, 0.717) is 18.4 Å². The molecule has 182 valence electrons. The summed E-state index contributed by atoms with van der Waals surface area (Å²) < 4.78 is 0. The van der Waals surface area contributed by atoms with Crippen molar-refractivity contribution in [3.8, 4) is 0 Å². The van der Waals surface area contributed by atoms with Gasteiger partial charge in [0.2, 0.25) is 0 Å². The molecular formula is C22H18Br2N4O7. The lowest BCUT2D eigenvalue weighted by molar-refractivity contribution is -0.385. The van der Waals surface area contributed by atoms with Gasteiger partial charge < -0.3 is 0 Å². The van der Waals surface area contributed by atoms with Crippen LogP contribution in [0.1, 0.15) is 28.8 Å². The third-order valence-corrected chi connectivity index (χ3v) is 8.91. The van der Waals surface area contributed by atoms with Crippen LogP contribution in [0, 0.1) is 32.1 Å². The molecule has 1 aliphatic heterocycles. The van der Waals surface area contributed by atoms with Gasteiger partial charge in [-0.1, -0.05) is 56.1 Å². The third kappa shape index (κ3) is 4.69. The fraction of sp³-hybridized carbons (Fsp3) is 0.318. The van der Waals surface area contributed by atoms with E-state index in [1.54, 1.807) is 0 Å². The molecule has 2 fully saturated rings. The Bertz CT molecular complexity index is 1190. The molecule has 0 bridgehead atoms. The molecule has 13 heteroatoms. The van der Waals surface area contributed by atoms with E-state index in [1.807, 2.05) is 0 Å². The molecular weight excluding hydrogens is 592 g/mol. The molecule has 0 N–H and O–H groups in total. The summed E-state index contributed by atoms with van der Waals surface area (Å²) in [6.45, 7) is -0.296. The van der Waals surface area contributed by atoms with E-state index in [9.17, 15) is 34.6 Å². The van der Waals surface area contributed by atoms with Crippen LogP contribution in [-0.4, -0.2) is 47.2 Å². The van der Waals surface area contributed by atoms with E-state index in [0.717, 1.165) is 16.1 Å². The fourth-order valence-electron chi connectivity index (χ4n) is 4.40. The Morgan fingerprint density at radius 2 is 1.46 bits per heavy atom. The average molecular weight is 610 g/mol. The molecule has 4 rings (SSSR count). The van der Waals surface area contributed by atoms with Crippen LogP contribution in [-0.2, 0) is 16.1 Å². The summed E-state index contributed by atoms with van der Waals surface area (Å²) in [5.74, 6) is -3.30. The number of amides is 3. The van der Waals surface area contributed by atoms with Gasteiger partial charge in [-0.25, -0.2) is 5.01 Å². The van der Waals surface area contributed by atoms with E-state index in [2.05, 4.69) is 31.9 Å². The zero-order valence-corrected chi connectivity index (χ0v) is 21.1. The first-order valence-electron chi connectivity index (χ1n) is 10.5. The highest BCUT2D eigenvalue weighted by Gasteiger charge is 2.54. The minimum Gasteiger partial charge on any atom is -0.272 e. The smallest absolute Gasteiger partial charge is 0.272 e. The quantitative estimate of drug-likeness (QED) is 0.208. The molecule has 1 saturated heterocycles. The molecule has 4 atom stereocenters. The molecule has 2 aromatic carbocycles. The van der Waals surface area contributed by atoms with Gasteiger partial charge in [-0.2, -0.15) is 5.01 Å². The Hall–Kier alpha value is -3.19. The summed E-state index contributed by atoms with van der Waals surface area (Å²) in [5, 5.41) is 24.2. The van der Waals surface area contributed by atoms with Gasteiger partial charge in [-0.05, 0) is 24.5 Å². The number of non-ortho nitro benzene ring substituents is 1. The van der Waals surface area contributed by atoms with Crippen LogP contribution in [0.5, 0.6) is 0 Å². The highest BCUT2D eigenvalue weighted by Crippen LogP contribution is 2.44. The maximum absolute atomic E-state index is 13.6. The number of carbonyl (C=O) groups excluding carboxylic acids is 3. The van der Waals surface area contributed by atoms with Gasteiger partial charge in [-0.3, -0.25) is 34.6 Å². The monoisotopic (exact) mass is 608 g/mol. The number of hydrazine groups is 1. The van der Waals surface area contributed by atoms with Gasteiger partial charge in [0, 0.05) is 27.9 Å². The SMILES string of the molecule is O=C(c1ccccc1[N+](=O)[O-])N(Cc1ccc([N+](=O)[O-])cc1)N1C(=O)[C@H]2C[C@@H](Br)[C@@H](Br)C[C@H]2C1=O. The van der Waals surface area contributed by atoms with E-state index in [-0.39, 0.29) is 27.4 Å². The summed E-state index contributed by atoms with van der Waals surface area (Å²) in [4.78, 5) is 61.5. The van der Waals surface area contributed by atoms with Gasteiger partial charge in [0.15, 0.2) is 0 Å². The number of alkyl halides is 2. The number of fused-ring (bicyclic) bond motifs is 1. The van der Waals surface area contributed by atoms with Gasteiger partial charge in [0.25, 0.3) is 29.1 Å². The molecule has 3 amide bonds. The standard InChI is InChI=1S/C22H18Br2N4O7/c23-17-9-15-16(10-18(17)24)22(31)26(21(15)30)25(11-12-5-7-13(8-6-12)27(32)33)20(29)14-3-1-2-4-19(14)28(34)35/h1-8,15-18H,9-11H2/t15-,16+,17+,18-. The molecule has 2 aromatic rings. The number of rotatable bonds is 6. The fourth-order valence-corrected chi connectivity index (χ4v) is 5.63. The molecule has 11 nitrogen and oxygen atoms in total. The Morgan fingerprint density at radius 1 is 0.914 bits per heavy atom. The third-order valence-electron chi connectivity index (χ3n) is 6.17. The lowest BCUT2D eigenvalue weighted by Crippen LogP contribution is -2.50. The van der Waals surface area contributed by atoms with Gasteiger partial charge in [-0.15, -0.1) is 0 Å². The minimum absolute atomic E-state index is 0.0468. The predicted octanol–water partition coefficient (Wildman–Crippen LogP) is 3.98. The number of benzene rings is 2. The van der Waals surface area contributed by atoms with Crippen molar-refractivity contribution in [3.05, 3.63) is 79.9 Å². The summed E-state index contributed by atoms with van der Waals surface area (Å²) in [6.07, 6.45) is 0.763. The lowest BCUT2D eigenvalue weighted by atomic mass is 9.81. The van der Waals surface area contributed by atoms with E-state index in [1.165, 1.54) is 42.5 Å². The van der Waals surface area contributed by atoms with Crippen LogP contribution in [0.3, 0.4) is 0 Å². The number of nitrogens with zero attached hydrogens (tertiary/aromatic N) is 4. The Labute approximate surface area is 215 Å². The Kier molecular flexibility index (Phi) is 6.99. The summed E-state index contributed by atoms with van der Waals surface area (Å²) in [6, 6.07) is 10.5. The van der Waals surface area contributed by atoms with Crippen LogP contribution in [0.4, 0.5) is 11.4 Å². The predicted molar refractivity (Wildman–Crippen MR) is 130 cm³/mol. The molecule has 35 heavy (non-hydrogen) atoms. The molecule has 0 spiro atoms. The molecule has 1 saturated carbocycles. The summed E-state index contributed by atoms with van der Waals surface area (Å²) >= 11 is 7.04. The molecule has 0 radical (unpaired) electrons. The van der Waals surface area contributed by atoms with Crippen LogP contribution in [0.15, 0.2) is 48.5 Å². The first kappa shape index (κ1) is 24.9. The minimum atomic E-state index is -0.901. The highest BCUT2D eigenvalue weighted by molar-refractivity contribution is 9.12. The topological polar surface area (TPSA) is 144 Å². The Balaban J connectivity index is 1.75. The highest BCUT2D eigenvalue weighted by atomic mass is 79.9. The second-order valence-electron chi connectivity index (χ2n) is 8.27. The normalized spacial score (nSPS) is 23.7. The second-order valence-corrected chi connectivity index (χ2v) is 10.6. The zero-order valence-electron chi connectivity index (χ0n) is 18.0. The van der Waals surface area contributed by atoms with Crippen molar-refractivity contribution in [2.24, 2.45) is 11.8 Å². The summed E-state index contributed by atoms with van der Waals surface area (Å²) in [5.41, 5.74) is -0.526. The van der Waals surface area contributed by atoms with Crippen molar-refractivity contribution < 1.29 is 24.2 Å². The first-order chi connectivity index (χ1) is 16.6. The zero-order chi connectivity index (χ0) is 25.4. The molecule has 1 aliphatic carbocycles. The van der Waals surface area contributed by atoms with Gasteiger partial charge >= 0.3 is 0 Å². The molecule has 2 aliphatic rings. The van der Waals surface area contributed by atoms with Crippen molar-refractivity contribution in [1.82, 2.24) is 10.0 Å². The molecule has 0 aromatic heterocycles. The molecule has 0 unspecified atom stereocenters. The maximum atomic E-state index is 13.6. The van der Waals surface area contributed by atoms with Gasteiger partial charge in [0.1, 0.15) is 5.56 Å². The number of hydrogen-bond acceptors (Lipinski definition) is 7. The van der Waals surface area contributed by atoms with Crippen molar-refractivity contribution in [2.75, 3.05) is 0 Å². The van der Waals surface area contributed by atoms with Crippen molar-refractivity contribution in [1.29, 1.82) is 0 Å². The number of halogens is 2. The Morgan fingerprint density at radius 3 is 1.97 bits per heavy atom. The largest absolute Gasteiger partial charge is 0.282 e. The first-order valence-corrected chi connectivity index (χ1v) is 12.4. The average Bonchev–Trinajstić information content (AvgIpc) is 3.06. The maximum Gasteiger partial charge on any atom is 0.282 e. The van der Waals surface area contributed by atoms with Crippen LogP contribution < -0.4 is 0 Å². The van der Waals surface area contributed by atoms with Crippen molar-refractivity contribution in [3.63, 3.8) is 0 Å². The van der Waals surface area contributed by atoms with Crippen LogP contribution in [0.2, 0.25) is 0 Å². The summed E-state index contributed by atoms with van der Waals surface area (Å²) in [7, 11) is 0. The van der Waals surface area contributed by atoms with Crippen LogP contribution >= 0.6 is 31.9 Å². The number of para-hydroxylation sites is 1. The lowest BCUT2D eigenvalue weighted by Gasteiger charge is -2.30. The molecule has 1 heterocycles. The number of carbonyl (C=O) groups is 3. The van der Waals surface area contributed by atoms with Gasteiger partial charge in [0.05, 0.1) is 28.2 Å². The number of nitro groups is 2.